The highest BCUT2D eigenvalue weighted by Gasteiger charge is 2.32. The Bertz CT molecular complexity index is 354. The molecule has 1 unspecified atom stereocenters. The molecule has 5 heteroatoms. The van der Waals surface area contributed by atoms with Gasteiger partial charge in [-0.05, 0) is 50.9 Å². The summed E-state index contributed by atoms with van der Waals surface area (Å²) in [6.07, 6.45) is 1.78. The fourth-order valence-electron chi connectivity index (χ4n) is 1.56. The van der Waals surface area contributed by atoms with E-state index in [1.807, 2.05) is 32.7 Å². The quantitative estimate of drug-likeness (QED) is 0.453. The average Bonchev–Trinajstić information content (AvgIpc) is 2.87. The van der Waals surface area contributed by atoms with Gasteiger partial charge in [-0.3, -0.25) is 4.79 Å². The highest BCUT2D eigenvalue weighted by Crippen LogP contribution is 2.25. The van der Waals surface area contributed by atoms with Crippen LogP contribution in [0.5, 0.6) is 0 Å². The second kappa shape index (κ2) is 7.81. The van der Waals surface area contributed by atoms with Gasteiger partial charge in [0.25, 0.3) is 0 Å². The third-order valence-electron chi connectivity index (χ3n) is 2.84. The number of nitrogens with one attached hydrogen (secondary N) is 1. The zero-order valence-electron chi connectivity index (χ0n) is 11.2. The van der Waals surface area contributed by atoms with Crippen molar-refractivity contribution in [2.45, 2.75) is 36.4 Å². The van der Waals surface area contributed by atoms with Gasteiger partial charge in [-0.15, -0.1) is 23.1 Å². The average molecular weight is 287 g/mol. The first-order valence-electron chi connectivity index (χ1n) is 6.15. The molecule has 1 N–H and O–H groups in total. The van der Waals surface area contributed by atoms with Crippen molar-refractivity contribution in [1.82, 2.24) is 5.32 Å². The number of thiophene rings is 1. The van der Waals surface area contributed by atoms with Crippen molar-refractivity contribution < 1.29 is 9.53 Å². The van der Waals surface area contributed by atoms with Gasteiger partial charge in [0.05, 0.1) is 10.8 Å². The minimum Gasteiger partial charge on any atom is -0.465 e. The molecule has 0 aromatic carbocycles. The maximum atomic E-state index is 11.8. The molecule has 0 spiro atoms. The molecule has 102 valence electrons. The Morgan fingerprint density at radius 3 is 2.94 bits per heavy atom. The van der Waals surface area contributed by atoms with Crippen molar-refractivity contribution in [3.8, 4) is 0 Å². The van der Waals surface area contributed by atoms with E-state index in [2.05, 4.69) is 22.8 Å². The second-order valence-electron chi connectivity index (χ2n) is 4.19. The van der Waals surface area contributed by atoms with E-state index in [1.165, 1.54) is 4.21 Å². The van der Waals surface area contributed by atoms with Crippen molar-refractivity contribution in [2.24, 2.45) is 0 Å². The predicted octanol–water partition coefficient (Wildman–Crippen LogP) is 3.16. The highest BCUT2D eigenvalue weighted by atomic mass is 32.2. The Hall–Kier alpha value is -0.520. The van der Waals surface area contributed by atoms with Gasteiger partial charge < -0.3 is 10.1 Å². The van der Waals surface area contributed by atoms with Gasteiger partial charge in [0, 0.05) is 0 Å². The molecule has 1 aromatic heterocycles. The summed E-state index contributed by atoms with van der Waals surface area (Å²) in [6, 6.07) is 4.18. The molecule has 0 radical (unpaired) electrons. The molecule has 0 saturated carbocycles. The largest absolute Gasteiger partial charge is 0.465 e. The lowest BCUT2D eigenvalue weighted by Gasteiger charge is -2.26. The molecule has 1 aromatic rings. The molecule has 3 nitrogen and oxygen atoms in total. The summed E-state index contributed by atoms with van der Waals surface area (Å²) in [5, 5.41) is 5.16. The van der Waals surface area contributed by atoms with Crippen molar-refractivity contribution in [2.75, 3.05) is 19.4 Å². The lowest BCUT2D eigenvalue weighted by atomic mass is 9.97. The normalized spacial score (nSPS) is 14.2. The number of hydrogen-bond donors (Lipinski definition) is 1. The van der Waals surface area contributed by atoms with Gasteiger partial charge in [0.1, 0.15) is 5.54 Å². The van der Waals surface area contributed by atoms with Gasteiger partial charge in [0.2, 0.25) is 0 Å². The lowest BCUT2D eigenvalue weighted by Crippen LogP contribution is -2.48. The van der Waals surface area contributed by atoms with Crippen LogP contribution in [0.25, 0.3) is 0 Å². The van der Waals surface area contributed by atoms with Crippen LogP contribution in [0.4, 0.5) is 0 Å². The molecule has 1 rings (SSSR count). The van der Waals surface area contributed by atoms with Crippen molar-refractivity contribution in [3.63, 3.8) is 0 Å². The predicted molar refractivity (Wildman–Crippen MR) is 78.4 cm³/mol. The molecule has 0 saturated heterocycles. The number of esters is 1. The number of ether oxygens (including phenoxy) is 1. The summed E-state index contributed by atoms with van der Waals surface area (Å²) in [7, 11) is 1.81. The fraction of sp³-hybridized carbons (Fsp3) is 0.615. The first kappa shape index (κ1) is 15.5. The molecule has 0 amide bonds. The van der Waals surface area contributed by atoms with Crippen LogP contribution in [-0.2, 0) is 9.53 Å². The van der Waals surface area contributed by atoms with E-state index in [9.17, 15) is 4.79 Å². The summed E-state index contributed by atoms with van der Waals surface area (Å²) in [6.45, 7) is 4.17. The number of thioether (sulfide) groups is 1. The van der Waals surface area contributed by atoms with Crippen LogP contribution in [0.2, 0.25) is 0 Å². The molecule has 1 heterocycles. The van der Waals surface area contributed by atoms with E-state index in [0.717, 1.165) is 18.6 Å². The number of hydrogen-bond acceptors (Lipinski definition) is 5. The minimum atomic E-state index is -0.563. The Labute approximate surface area is 117 Å². The van der Waals surface area contributed by atoms with Crippen LogP contribution in [0.3, 0.4) is 0 Å². The van der Waals surface area contributed by atoms with Crippen LogP contribution in [0.15, 0.2) is 21.7 Å². The molecule has 0 bridgehead atoms. The SMILES string of the molecule is CCOC(=O)C(C)(CCCSc1cccs1)NC. The Balaban J connectivity index is 2.32. The van der Waals surface area contributed by atoms with Crippen molar-refractivity contribution >= 4 is 29.1 Å². The summed E-state index contributed by atoms with van der Waals surface area (Å²) >= 11 is 3.60. The van der Waals surface area contributed by atoms with Gasteiger partial charge in [-0.2, -0.15) is 0 Å². The maximum Gasteiger partial charge on any atom is 0.326 e. The second-order valence-corrected chi connectivity index (χ2v) is 6.53. The van der Waals surface area contributed by atoms with Crippen LogP contribution in [0, 0.1) is 0 Å². The molecule has 1 atom stereocenters. The minimum absolute atomic E-state index is 0.159. The topological polar surface area (TPSA) is 38.3 Å². The summed E-state index contributed by atoms with van der Waals surface area (Å²) < 4.78 is 6.43. The number of carbonyl (C=O) groups excluding carboxylic acids is 1. The molecule has 0 fully saturated rings. The van der Waals surface area contributed by atoms with Gasteiger partial charge in [-0.1, -0.05) is 6.07 Å². The van der Waals surface area contributed by atoms with E-state index in [-0.39, 0.29) is 5.97 Å². The van der Waals surface area contributed by atoms with Gasteiger partial charge in [0.15, 0.2) is 0 Å². The van der Waals surface area contributed by atoms with Crippen LogP contribution in [0.1, 0.15) is 26.7 Å². The third-order valence-corrected chi connectivity index (χ3v) is 5.06. The van der Waals surface area contributed by atoms with Crippen LogP contribution < -0.4 is 5.32 Å². The molecule has 0 aliphatic carbocycles. The zero-order valence-corrected chi connectivity index (χ0v) is 12.8. The summed E-state index contributed by atoms with van der Waals surface area (Å²) in [4.78, 5) is 11.8. The van der Waals surface area contributed by atoms with Crippen molar-refractivity contribution in [3.05, 3.63) is 17.5 Å². The monoisotopic (exact) mass is 287 g/mol. The third kappa shape index (κ3) is 4.63. The first-order chi connectivity index (χ1) is 8.62. The van der Waals surface area contributed by atoms with Gasteiger partial charge in [-0.25, -0.2) is 0 Å². The fourth-order valence-corrected chi connectivity index (χ4v) is 3.37. The maximum absolute atomic E-state index is 11.8. The standard InChI is InChI=1S/C13H21NO2S2/c1-4-16-12(15)13(2,14-3)8-6-10-18-11-7-5-9-17-11/h5,7,9,14H,4,6,8,10H2,1-3H3. The van der Waals surface area contributed by atoms with Crippen LogP contribution >= 0.6 is 23.1 Å². The number of carbonyl (C=O) groups is 1. The summed E-state index contributed by atoms with van der Waals surface area (Å²) in [5.74, 6) is 0.866. The molecule has 0 aliphatic heterocycles. The molecular formula is C13H21NO2S2. The zero-order chi connectivity index (χ0) is 13.4. The summed E-state index contributed by atoms with van der Waals surface area (Å²) in [5.41, 5.74) is -0.563. The van der Waals surface area contributed by atoms with Crippen molar-refractivity contribution in [1.29, 1.82) is 0 Å². The molecular weight excluding hydrogens is 266 g/mol. The Morgan fingerprint density at radius 1 is 1.61 bits per heavy atom. The smallest absolute Gasteiger partial charge is 0.326 e. The lowest BCUT2D eigenvalue weighted by molar-refractivity contribution is -0.150. The Morgan fingerprint density at radius 2 is 2.39 bits per heavy atom. The Kier molecular flexibility index (Phi) is 6.75. The van der Waals surface area contributed by atoms with E-state index in [1.54, 1.807) is 11.3 Å². The number of rotatable bonds is 8. The van der Waals surface area contributed by atoms with E-state index >= 15 is 0 Å². The molecule has 0 aliphatic rings. The van der Waals surface area contributed by atoms with E-state index < -0.39 is 5.54 Å². The van der Waals surface area contributed by atoms with E-state index in [4.69, 9.17) is 4.74 Å². The first-order valence-corrected chi connectivity index (χ1v) is 8.01. The number of likely N-dealkylation sites (N-methyl/N-ethyl adjacent to an activating group) is 1. The van der Waals surface area contributed by atoms with E-state index in [0.29, 0.717) is 6.61 Å². The van der Waals surface area contributed by atoms with Gasteiger partial charge >= 0.3 is 5.97 Å². The molecule has 18 heavy (non-hydrogen) atoms. The van der Waals surface area contributed by atoms with Crippen LogP contribution in [-0.4, -0.2) is 30.9 Å². The highest BCUT2D eigenvalue weighted by molar-refractivity contribution is 8.01.